The Hall–Kier alpha value is -1.09. The summed E-state index contributed by atoms with van der Waals surface area (Å²) < 4.78 is 17.8. The minimum Gasteiger partial charge on any atom is -0.491 e. The highest BCUT2D eigenvalue weighted by Gasteiger charge is 2.29. The summed E-state index contributed by atoms with van der Waals surface area (Å²) in [5.41, 5.74) is 0. The molecule has 0 amide bonds. The maximum atomic E-state index is 12.5. The van der Waals surface area contributed by atoms with Gasteiger partial charge in [-0.05, 0) is 43.0 Å². The van der Waals surface area contributed by atoms with Gasteiger partial charge in [-0.2, -0.15) is 0 Å². The van der Waals surface area contributed by atoms with E-state index in [0.29, 0.717) is 18.3 Å². The Morgan fingerprint density at radius 2 is 2.00 bits per heavy atom. The predicted octanol–water partition coefficient (Wildman–Crippen LogP) is 1.98. The number of hydrogen-bond acceptors (Lipinski definition) is 2. The minimum absolute atomic E-state index is 0.278. The number of aliphatic hydroxyl groups excluding tert-OH is 1. The van der Waals surface area contributed by atoms with E-state index in [1.54, 1.807) is 12.1 Å². The van der Waals surface area contributed by atoms with Crippen molar-refractivity contribution in [2.24, 2.45) is 5.92 Å². The Balaban J connectivity index is 1.82. The Morgan fingerprint density at radius 3 is 2.57 bits per heavy atom. The van der Waals surface area contributed by atoms with Gasteiger partial charge >= 0.3 is 0 Å². The van der Waals surface area contributed by atoms with Gasteiger partial charge in [0.25, 0.3) is 0 Å². The van der Waals surface area contributed by atoms with Crippen LogP contribution in [0, 0.1) is 11.7 Å². The molecule has 0 aromatic heterocycles. The fourth-order valence-electron chi connectivity index (χ4n) is 1.33. The Labute approximate surface area is 82.3 Å². The molecule has 0 aliphatic heterocycles. The van der Waals surface area contributed by atoms with Gasteiger partial charge in [-0.25, -0.2) is 4.39 Å². The molecule has 0 radical (unpaired) electrons. The molecule has 1 unspecified atom stereocenters. The molecule has 1 saturated carbocycles. The Morgan fingerprint density at radius 1 is 1.36 bits per heavy atom. The van der Waals surface area contributed by atoms with Crippen LogP contribution in [0.15, 0.2) is 24.3 Å². The molecular formula is C11H13FO2. The molecule has 0 heterocycles. The van der Waals surface area contributed by atoms with Gasteiger partial charge < -0.3 is 9.84 Å². The molecule has 14 heavy (non-hydrogen) atoms. The lowest BCUT2D eigenvalue weighted by atomic mass is 10.2. The molecule has 1 atom stereocenters. The first-order chi connectivity index (χ1) is 6.75. The molecule has 3 heteroatoms. The number of halogens is 1. The van der Waals surface area contributed by atoms with Crippen LogP contribution in [0.2, 0.25) is 0 Å². The standard InChI is InChI=1S/C11H13FO2/c12-9-3-5-10(6-4-9)14-7-11(13)8-1-2-8/h3-6,8,11,13H,1-2,7H2. The van der Waals surface area contributed by atoms with E-state index >= 15 is 0 Å². The summed E-state index contributed by atoms with van der Waals surface area (Å²) in [5.74, 6) is 0.738. The van der Waals surface area contributed by atoms with E-state index in [0.717, 1.165) is 12.8 Å². The van der Waals surface area contributed by atoms with Crippen molar-refractivity contribution in [3.05, 3.63) is 30.1 Å². The first-order valence-corrected chi connectivity index (χ1v) is 4.82. The van der Waals surface area contributed by atoms with Gasteiger partial charge in [0.1, 0.15) is 18.2 Å². The molecule has 0 bridgehead atoms. The van der Waals surface area contributed by atoms with Crippen LogP contribution < -0.4 is 4.74 Å². The largest absolute Gasteiger partial charge is 0.491 e. The summed E-state index contributed by atoms with van der Waals surface area (Å²) in [6.45, 7) is 0.302. The lowest BCUT2D eigenvalue weighted by molar-refractivity contribution is 0.0894. The average molecular weight is 196 g/mol. The molecule has 76 valence electrons. The Kier molecular flexibility index (Phi) is 2.68. The van der Waals surface area contributed by atoms with Crippen molar-refractivity contribution in [1.29, 1.82) is 0 Å². The highest BCUT2D eigenvalue weighted by molar-refractivity contribution is 5.22. The first-order valence-electron chi connectivity index (χ1n) is 4.82. The van der Waals surface area contributed by atoms with Gasteiger partial charge in [0.2, 0.25) is 0 Å². The summed E-state index contributed by atoms with van der Waals surface area (Å²) in [4.78, 5) is 0. The second-order valence-corrected chi connectivity index (χ2v) is 3.67. The van der Waals surface area contributed by atoms with Crippen molar-refractivity contribution < 1.29 is 14.2 Å². The van der Waals surface area contributed by atoms with E-state index in [4.69, 9.17) is 4.74 Å². The van der Waals surface area contributed by atoms with E-state index < -0.39 is 0 Å². The van der Waals surface area contributed by atoms with Gasteiger partial charge in [-0.3, -0.25) is 0 Å². The summed E-state index contributed by atoms with van der Waals surface area (Å²) in [7, 11) is 0. The van der Waals surface area contributed by atoms with Crippen LogP contribution in [0.3, 0.4) is 0 Å². The normalized spacial score (nSPS) is 17.9. The zero-order chi connectivity index (χ0) is 9.97. The van der Waals surface area contributed by atoms with Crippen molar-refractivity contribution in [1.82, 2.24) is 0 Å². The topological polar surface area (TPSA) is 29.5 Å². The molecule has 1 aliphatic carbocycles. The number of aliphatic hydroxyl groups is 1. The van der Waals surface area contributed by atoms with E-state index in [1.807, 2.05) is 0 Å². The van der Waals surface area contributed by atoms with Crippen molar-refractivity contribution >= 4 is 0 Å². The van der Waals surface area contributed by atoms with Crippen LogP contribution in [0.4, 0.5) is 4.39 Å². The molecule has 0 spiro atoms. The molecule has 1 fully saturated rings. The van der Waals surface area contributed by atoms with E-state index in [1.165, 1.54) is 12.1 Å². The summed E-state index contributed by atoms with van der Waals surface area (Å²) in [6, 6.07) is 5.82. The quantitative estimate of drug-likeness (QED) is 0.797. The van der Waals surface area contributed by atoms with Gasteiger partial charge in [0.15, 0.2) is 0 Å². The monoisotopic (exact) mass is 196 g/mol. The third-order valence-corrected chi connectivity index (χ3v) is 2.40. The van der Waals surface area contributed by atoms with Gasteiger partial charge in [0.05, 0.1) is 6.10 Å². The molecular weight excluding hydrogens is 183 g/mol. The zero-order valence-corrected chi connectivity index (χ0v) is 7.82. The van der Waals surface area contributed by atoms with E-state index in [-0.39, 0.29) is 11.9 Å². The zero-order valence-electron chi connectivity index (χ0n) is 7.82. The maximum absolute atomic E-state index is 12.5. The molecule has 1 aliphatic rings. The Bertz CT molecular complexity index is 293. The van der Waals surface area contributed by atoms with Crippen LogP contribution >= 0.6 is 0 Å². The third kappa shape index (κ3) is 2.45. The maximum Gasteiger partial charge on any atom is 0.123 e. The molecule has 1 aromatic carbocycles. The summed E-state index contributed by atoms with van der Waals surface area (Å²) >= 11 is 0. The van der Waals surface area contributed by atoms with Crippen LogP contribution in [0.25, 0.3) is 0 Å². The summed E-state index contributed by atoms with van der Waals surface area (Å²) in [5, 5.41) is 9.51. The molecule has 1 N–H and O–H groups in total. The van der Waals surface area contributed by atoms with Gasteiger partial charge in [-0.1, -0.05) is 0 Å². The van der Waals surface area contributed by atoms with Crippen molar-refractivity contribution in [3.8, 4) is 5.75 Å². The number of hydrogen-bond donors (Lipinski definition) is 1. The fraction of sp³-hybridized carbons (Fsp3) is 0.455. The first kappa shape index (κ1) is 9.46. The lowest BCUT2D eigenvalue weighted by Crippen LogP contribution is -2.19. The third-order valence-electron chi connectivity index (χ3n) is 2.40. The van der Waals surface area contributed by atoms with Crippen molar-refractivity contribution in [3.63, 3.8) is 0 Å². The molecule has 1 aromatic rings. The highest BCUT2D eigenvalue weighted by Crippen LogP contribution is 2.32. The number of benzene rings is 1. The lowest BCUT2D eigenvalue weighted by Gasteiger charge is -2.10. The number of ether oxygens (including phenoxy) is 1. The highest BCUT2D eigenvalue weighted by atomic mass is 19.1. The van der Waals surface area contributed by atoms with Crippen LogP contribution in [-0.4, -0.2) is 17.8 Å². The SMILES string of the molecule is OC(COc1ccc(F)cc1)C1CC1. The van der Waals surface area contributed by atoms with Crippen LogP contribution in [0.5, 0.6) is 5.75 Å². The minimum atomic E-state index is -0.375. The van der Waals surface area contributed by atoms with Crippen LogP contribution in [0.1, 0.15) is 12.8 Å². The number of rotatable bonds is 4. The van der Waals surface area contributed by atoms with Crippen LogP contribution in [-0.2, 0) is 0 Å². The average Bonchev–Trinajstić information content (AvgIpc) is 3.00. The fourth-order valence-corrected chi connectivity index (χ4v) is 1.33. The second-order valence-electron chi connectivity index (χ2n) is 3.67. The van der Waals surface area contributed by atoms with E-state index in [2.05, 4.69) is 0 Å². The summed E-state index contributed by atoms with van der Waals surface area (Å²) in [6.07, 6.45) is 1.81. The van der Waals surface area contributed by atoms with Gasteiger partial charge in [0, 0.05) is 0 Å². The predicted molar refractivity (Wildman–Crippen MR) is 50.6 cm³/mol. The smallest absolute Gasteiger partial charge is 0.123 e. The second kappa shape index (κ2) is 3.96. The van der Waals surface area contributed by atoms with Gasteiger partial charge in [-0.15, -0.1) is 0 Å². The van der Waals surface area contributed by atoms with E-state index in [9.17, 15) is 9.50 Å². The van der Waals surface area contributed by atoms with Crippen molar-refractivity contribution in [2.75, 3.05) is 6.61 Å². The molecule has 2 rings (SSSR count). The molecule has 0 saturated heterocycles. The molecule has 2 nitrogen and oxygen atoms in total. The van der Waals surface area contributed by atoms with Crippen molar-refractivity contribution in [2.45, 2.75) is 18.9 Å².